The van der Waals surface area contributed by atoms with E-state index in [1.807, 2.05) is 58.3 Å². The van der Waals surface area contributed by atoms with Gasteiger partial charge in [0, 0.05) is 51.3 Å². The molecule has 2 heterocycles. The fraction of sp³-hybridized carbons (Fsp3) is 0.364. The van der Waals surface area contributed by atoms with Crippen LogP contribution in [-0.2, 0) is 11.3 Å². The van der Waals surface area contributed by atoms with Gasteiger partial charge >= 0.3 is 0 Å². The van der Waals surface area contributed by atoms with Crippen molar-refractivity contribution in [2.24, 2.45) is 0 Å². The van der Waals surface area contributed by atoms with E-state index in [4.69, 9.17) is 11.6 Å². The Morgan fingerprint density at radius 3 is 2.29 bits per heavy atom. The van der Waals surface area contributed by atoms with Gasteiger partial charge in [-0.25, -0.2) is 0 Å². The SMILES string of the molecule is O=C1CCCN1Cc1ccc(C(=O)N2CCN(c3ccccc3Cl)CC2)cc1. The Bertz CT molecular complexity index is 860. The van der Waals surface area contributed by atoms with E-state index in [9.17, 15) is 9.59 Å². The summed E-state index contributed by atoms with van der Waals surface area (Å²) in [5.74, 6) is 0.277. The van der Waals surface area contributed by atoms with Gasteiger partial charge in [0.05, 0.1) is 10.7 Å². The molecule has 0 aromatic heterocycles. The summed E-state index contributed by atoms with van der Waals surface area (Å²) >= 11 is 6.29. The Hall–Kier alpha value is -2.53. The van der Waals surface area contributed by atoms with Crippen molar-refractivity contribution in [2.45, 2.75) is 19.4 Å². The Morgan fingerprint density at radius 2 is 1.64 bits per heavy atom. The second-order valence-electron chi connectivity index (χ2n) is 7.35. The van der Waals surface area contributed by atoms with E-state index in [0.717, 1.165) is 42.3 Å². The molecular formula is C22H24ClN3O2. The smallest absolute Gasteiger partial charge is 0.253 e. The van der Waals surface area contributed by atoms with Crippen LogP contribution in [0.3, 0.4) is 0 Å². The average molecular weight is 398 g/mol. The summed E-state index contributed by atoms with van der Waals surface area (Å²) in [6, 6.07) is 15.5. The van der Waals surface area contributed by atoms with E-state index in [2.05, 4.69) is 4.90 Å². The number of anilines is 1. The van der Waals surface area contributed by atoms with Crippen LogP contribution in [0, 0.1) is 0 Å². The van der Waals surface area contributed by atoms with Crippen molar-refractivity contribution in [1.82, 2.24) is 9.80 Å². The number of nitrogens with zero attached hydrogens (tertiary/aromatic N) is 3. The fourth-order valence-electron chi connectivity index (χ4n) is 3.89. The van der Waals surface area contributed by atoms with Gasteiger partial charge in [-0.2, -0.15) is 0 Å². The van der Waals surface area contributed by atoms with Gasteiger partial charge in [0.15, 0.2) is 0 Å². The lowest BCUT2D eigenvalue weighted by Crippen LogP contribution is -2.48. The zero-order chi connectivity index (χ0) is 19.5. The van der Waals surface area contributed by atoms with Gasteiger partial charge in [-0.3, -0.25) is 9.59 Å². The number of carbonyl (C=O) groups excluding carboxylic acids is 2. The maximum atomic E-state index is 12.8. The van der Waals surface area contributed by atoms with Crippen molar-refractivity contribution in [2.75, 3.05) is 37.6 Å². The molecule has 0 saturated carbocycles. The fourth-order valence-corrected chi connectivity index (χ4v) is 4.14. The van der Waals surface area contributed by atoms with E-state index in [-0.39, 0.29) is 11.8 Å². The van der Waals surface area contributed by atoms with E-state index in [1.54, 1.807) is 0 Å². The summed E-state index contributed by atoms with van der Waals surface area (Å²) in [5.41, 5.74) is 2.79. The molecule has 28 heavy (non-hydrogen) atoms. The molecule has 0 aliphatic carbocycles. The second-order valence-corrected chi connectivity index (χ2v) is 7.75. The molecule has 2 aromatic rings. The number of benzene rings is 2. The highest BCUT2D eigenvalue weighted by Crippen LogP contribution is 2.26. The number of carbonyl (C=O) groups is 2. The maximum absolute atomic E-state index is 12.8. The molecule has 0 atom stereocenters. The predicted octanol–water partition coefficient (Wildman–Crippen LogP) is 3.42. The van der Waals surface area contributed by atoms with Crippen molar-refractivity contribution >= 4 is 29.1 Å². The minimum atomic E-state index is 0.0580. The van der Waals surface area contributed by atoms with Gasteiger partial charge in [-0.15, -0.1) is 0 Å². The third kappa shape index (κ3) is 3.99. The molecule has 0 N–H and O–H groups in total. The van der Waals surface area contributed by atoms with Crippen molar-refractivity contribution in [1.29, 1.82) is 0 Å². The first-order valence-electron chi connectivity index (χ1n) is 9.77. The van der Waals surface area contributed by atoms with Crippen LogP contribution in [-0.4, -0.2) is 54.3 Å². The minimum Gasteiger partial charge on any atom is -0.367 e. The van der Waals surface area contributed by atoms with Crippen LogP contribution in [0.2, 0.25) is 5.02 Å². The average Bonchev–Trinajstić information content (AvgIpc) is 3.13. The molecule has 0 radical (unpaired) electrons. The molecule has 2 aliphatic heterocycles. The van der Waals surface area contributed by atoms with Crippen molar-refractivity contribution in [3.05, 3.63) is 64.7 Å². The normalized spacial score (nSPS) is 17.3. The molecule has 4 rings (SSSR count). The summed E-state index contributed by atoms with van der Waals surface area (Å²) in [4.78, 5) is 30.6. The highest BCUT2D eigenvalue weighted by molar-refractivity contribution is 6.33. The Kier molecular flexibility index (Phi) is 5.53. The maximum Gasteiger partial charge on any atom is 0.253 e. The third-order valence-corrected chi connectivity index (χ3v) is 5.83. The monoisotopic (exact) mass is 397 g/mol. The zero-order valence-corrected chi connectivity index (χ0v) is 16.6. The number of para-hydroxylation sites is 1. The van der Waals surface area contributed by atoms with E-state index in [1.165, 1.54) is 0 Å². The Balaban J connectivity index is 1.35. The van der Waals surface area contributed by atoms with Crippen LogP contribution < -0.4 is 4.90 Å². The van der Waals surface area contributed by atoms with E-state index in [0.29, 0.717) is 31.6 Å². The van der Waals surface area contributed by atoms with Gasteiger partial charge in [-0.05, 0) is 36.2 Å². The molecule has 146 valence electrons. The second kappa shape index (κ2) is 8.23. The van der Waals surface area contributed by atoms with Crippen LogP contribution >= 0.6 is 11.6 Å². The lowest BCUT2D eigenvalue weighted by molar-refractivity contribution is -0.128. The largest absolute Gasteiger partial charge is 0.367 e. The van der Waals surface area contributed by atoms with Crippen LogP contribution in [0.4, 0.5) is 5.69 Å². The van der Waals surface area contributed by atoms with Crippen LogP contribution in [0.5, 0.6) is 0 Å². The number of rotatable bonds is 4. The third-order valence-electron chi connectivity index (χ3n) is 5.51. The molecule has 2 aliphatic rings. The van der Waals surface area contributed by atoms with Crippen LogP contribution in [0.1, 0.15) is 28.8 Å². The standard InChI is InChI=1S/C22H24ClN3O2/c23-19-4-1-2-5-20(19)24-12-14-25(15-13-24)22(28)18-9-7-17(8-10-18)16-26-11-3-6-21(26)27/h1-2,4-5,7-10H,3,6,11-16H2. The molecule has 2 amide bonds. The number of hydrogen-bond donors (Lipinski definition) is 0. The summed E-state index contributed by atoms with van der Waals surface area (Å²) in [7, 11) is 0. The van der Waals surface area contributed by atoms with Gasteiger partial charge in [0.25, 0.3) is 5.91 Å². The van der Waals surface area contributed by atoms with Crippen LogP contribution in [0.15, 0.2) is 48.5 Å². The van der Waals surface area contributed by atoms with Crippen molar-refractivity contribution in [3.63, 3.8) is 0 Å². The first-order chi connectivity index (χ1) is 13.6. The van der Waals surface area contributed by atoms with Crippen LogP contribution in [0.25, 0.3) is 0 Å². The Labute approximate surface area is 170 Å². The molecule has 2 aromatic carbocycles. The van der Waals surface area contributed by atoms with Gasteiger partial charge in [0.2, 0.25) is 5.91 Å². The van der Waals surface area contributed by atoms with Gasteiger partial charge < -0.3 is 14.7 Å². The summed E-state index contributed by atoms with van der Waals surface area (Å²) in [5, 5.41) is 0.745. The lowest BCUT2D eigenvalue weighted by atomic mass is 10.1. The first kappa shape index (κ1) is 18.8. The molecule has 6 heteroatoms. The van der Waals surface area contributed by atoms with Crippen molar-refractivity contribution in [3.8, 4) is 0 Å². The molecule has 2 fully saturated rings. The lowest BCUT2D eigenvalue weighted by Gasteiger charge is -2.36. The number of hydrogen-bond acceptors (Lipinski definition) is 3. The molecule has 0 spiro atoms. The highest BCUT2D eigenvalue weighted by atomic mass is 35.5. The number of amides is 2. The Morgan fingerprint density at radius 1 is 0.929 bits per heavy atom. The number of halogens is 1. The summed E-state index contributed by atoms with van der Waals surface area (Å²) in [6.45, 7) is 4.34. The highest BCUT2D eigenvalue weighted by Gasteiger charge is 2.24. The minimum absolute atomic E-state index is 0.0580. The molecular weight excluding hydrogens is 374 g/mol. The van der Waals surface area contributed by atoms with Crippen molar-refractivity contribution < 1.29 is 9.59 Å². The topological polar surface area (TPSA) is 43.9 Å². The number of likely N-dealkylation sites (tertiary alicyclic amines) is 1. The van der Waals surface area contributed by atoms with Gasteiger partial charge in [0.1, 0.15) is 0 Å². The van der Waals surface area contributed by atoms with E-state index >= 15 is 0 Å². The molecule has 5 nitrogen and oxygen atoms in total. The molecule has 0 bridgehead atoms. The quantitative estimate of drug-likeness (QED) is 0.794. The number of piperazine rings is 1. The first-order valence-corrected chi connectivity index (χ1v) is 10.1. The zero-order valence-electron chi connectivity index (χ0n) is 15.8. The molecule has 0 unspecified atom stereocenters. The summed E-state index contributed by atoms with van der Waals surface area (Å²) < 4.78 is 0. The van der Waals surface area contributed by atoms with E-state index < -0.39 is 0 Å². The van der Waals surface area contributed by atoms with Gasteiger partial charge in [-0.1, -0.05) is 35.9 Å². The summed E-state index contributed by atoms with van der Waals surface area (Å²) in [6.07, 6.45) is 1.59. The molecule has 2 saturated heterocycles. The predicted molar refractivity (Wildman–Crippen MR) is 111 cm³/mol.